The van der Waals surface area contributed by atoms with E-state index in [-0.39, 0.29) is 30.9 Å². The Morgan fingerprint density at radius 2 is 1.96 bits per heavy atom. The van der Waals surface area contributed by atoms with Crippen LogP contribution in [-0.2, 0) is 16.0 Å². The molecule has 5 nitrogen and oxygen atoms in total. The fourth-order valence-corrected chi connectivity index (χ4v) is 3.73. The number of benzene rings is 2. The lowest BCUT2D eigenvalue weighted by atomic mass is 9.88. The number of hydrogen-bond acceptors (Lipinski definition) is 3. The number of aryl methyl sites for hydroxylation is 1. The number of amides is 2. The Morgan fingerprint density at radius 1 is 1.16 bits per heavy atom. The maximum atomic E-state index is 12.7. The molecule has 2 aliphatic rings. The van der Waals surface area contributed by atoms with Crippen LogP contribution in [0.4, 0.5) is 11.4 Å². The van der Waals surface area contributed by atoms with Gasteiger partial charge < -0.3 is 10.6 Å². The van der Waals surface area contributed by atoms with Crippen molar-refractivity contribution in [2.24, 2.45) is 0 Å². The molecular weight excluding hydrogens is 314 g/mol. The van der Waals surface area contributed by atoms with Crippen LogP contribution in [0.5, 0.6) is 0 Å². The molecule has 5 heteroatoms. The SMILES string of the molecule is O=C1CN(C(=O)CN[C@H]2CCCc3ccccc32)c2ccccc2N1. The Balaban J connectivity index is 1.48. The summed E-state index contributed by atoms with van der Waals surface area (Å²) in [5.41, 5.74) is 4.10. The highest BCUT2D eigenvalue weighted by Gasteiger charge is 2.27. The molecule has 0 bridgehead atoms. The van der Waals surface area contributed by atoms with E-state index < -0.39 is 0 Å². The van der Waals surface area contributed by atoms with Gasteiger partial charge in [-0.25, -0.2) is 0 Å². The minimum atomic E-state index is -0.157. The molecule has 0 unspecified atom stereocenters. The minimum absolute atomic E-state index is 0.0682. The summed E-state index contributed by atoms with van der Waals surface area (Å²) in [6.07, 6.45) is 3.25. The smallest absolute Gasteiger partial charge is 0.244 e. The zero-order valence-corrected chi connectivity index (χ0v) is 14.0. The van der Waals surface area contributed by atoms with Crippen molar-refractivity contribution in [3.05, 3.63) is 59.7 Å². The van der Waals surface area contributed by atoms with Crippen LogP contribution >= 0.6 is 0 Å². The summed E-state index contributed by atoms with van der Waals surface area (Å²) in [4.78, 5) is 26.2. The lowest BCUT2D eigenvalue weighted by Gasteiger charge is -2.31. The van der Waals surface area contributed by atoms with Crippen LogP contribution in [0.25, 0.3) is 0 Å². The van der Waals surface area contributed by atoms with Crippen molar-refractivity contribution in [1.29, 1.82) is 0 Å². The maximum absolute atomic E-state index is 12.7. The first-order valence-corrected chi connectivity index (χ1v) is 8.73. The number of para-hydroxylation sites is 2. The summed E-state index contributed by atoms with van der Waals surface area (Å²) in [5.74, 6) is -0.236. The van der Waals surface area contributed by atoms with Crippen LogP contribution in [0.1, 0.15) is 30.0 Å². The monoisotopic (exact) mass is 335 g/mol. The van der Waals surface area contributed by atoms with Crippen molar-refractivity contribution in [2.75, 3.05) is 23.3 Å². The second-order valence-electron chi connectivity index (χ2n) is 6.57. The predicted molar refractivity (Wildman–Crippen MR) is 97.5 cm³/mol. The molecule has 1 atom stereocenters. The minimum Gasteiger partial charge on any atom is -0.323 e. The first-order valence-electron chi connectivity index (χ1n) is 8.73. The number of nitrogens with zero attached hydrogens (tertiary/aromatic N) is 1. The molecule has 1 aliphatic heterocycles. The molecule has 0 saturated heterocycles. The third-order valence-electron chi connectivity index (χ3n) is 4.94. The van der Waals surface area contributed by atoms with Gasteiger partial charge in [-0.15, -0.1) is 0 Å². The van der Waals surface area contributed by atoms with E-state index in [1.54, 1.807) is 4.90 Å². The number of fused-ring (bicyclic) bond motifs is 2. The zero-order valence-electron chi connectivity index (χ0n) is 14.0. The number of carbonyl (C=O) groups excluding carboxylic acids is 2. The van der Waals surface area contributed by atoms with Crippen molar-refractivity contribution in [3.8, 4) is 0 Å². The first kappa shape index (κ1) is 15.8. The van der Waals surface area contributed by atoms with Gasteiger partial charge in [0.15, 0.2) is 0 Å². The quantitative estimate of drug-likeness (QED) is 0.906. The number of anilines is 2. The Kier molecular flexibility index (Phi) is 4.24. The van der Waals surface area contributed by atoms with Crippen molar-refractivity contribution in [3.63, 3.8) is 0 Å². The highest BCUT2D eigenvalue weighted by Crippen LogP contribution is 2.30. The molecule has 2 aromatic carbocycles. The molecule has 0 saturated carbocycles. The van der Waals surface area contributed by atoms with E-state index in [2.05, 4.69) is 28.8 Å². The molecule has 4 rings (SSSR count). The fourth-order valence-electron chi connectivity index (χ4n) is 3.73. The Bertz CT molecular complexity index is 818. The molecule has 2 N–H and O–H groups in total. The van der Waals surface area contributed by atoms with Gasteiger partial charge in [0.05, 0.1) is 17.9 Å². The third-order valence-corrected chi connectivity index (χ3v) is 4.94. The van der Waals surface area contributed by atoms with Crippen LogP contribution < -0.4 is 15.5 Å². The molecule has 0 spiro atoms. The van der Waals surface area contributed by atoms with Gasteiger partial charge in [-0.1, -0.05) is 36.4 Å². The van der Waals surface area contributed by atoms with Crippen molar-refractivity contribution in [1.82, 2.24) is 5.32 Å². The first-order chi connectivity index (χ1) is 12.2. The van der Waals surface area contributed by atoms with E-state index in [9.17, 15) is 9.59 Å². The van der Waals surface area contributed by atoms with Gasteiger partial charge in [-0.05, 0) is 42.5 Å². The molecule has 1 aliphatic carbocycles. The number of rotatable bonds is 3. The molecule has 2 aromatic rings. The highest BCUT2D eigenvalue weighted by molar-refractivity contribution is 6.10. The van der Waals surface area contributed by atoms with Crippen molar-refractivity contribution >= 4 is 23.2 Å². The summed E-state index contributed by atoms with van der Waals surface area (Å²) < 4.78 is 0. The lowest BCUT2D eigenvalue weighted by Crippen LogP contribution is -2.46. The van der Waals surface area contributed by atoms with E-state index in [1.165, 1.54) is 11.1 Å². The number of carbonyl (C=O) groups is 2. The van der Waals surface area contributed by atoms with Crippen LogP contribution in [0.15, 0.2) is 48.5 Å². The predicted octanol–water partition coefficient (Wildman–Crippen LogP) is 2.64. The van der Waals surface area contributed by atoms with Gasteiger partial charge >= 0.3 is 0 Å². The summed E-state index contributed by atoms with van der Waals surface area (Å²) >= 11 is 0. The molecule has 128 valence electrons. The Morgan fingerprint density at radius 3 is 2.88 bits per heavy atom. The van der Waals surface area contributed by atoms with Crippen LogP contribution in [0, 0.1) is 0 Å². The summed E-state index contributed by atoms with van der Waals surface area (Å²) in [7, 11) is 0. The lowest BCUT2D eigenvalue weighted by molar-refractivity contribution is -0.121. The van der Waals surface area contributed by atoms with Crippen LogP contribution in [0.2, 0.25) is 0 Å². The molecular formula is C20H21N3O2. The van der Waals surface area contributed by atoms with Crippen molar-refractivity contribution in [2.45, 2.75) is 25.3 Å². The molecule has 2 amide bonds. The van der Waals surface area contributed by atoms with E-state index in [0.717, 1.165) is 24.9 Å². The summed E-state index contributed by atoms with van der Waals surface area (Å²) in [5, 5.41) is 6.21. The van der Waals surface area contributed by atoms with E-state index in [1.807, 2.05) is 30.3 Å². The fraction of sp³-hybridized carbons (Fsp3) is 0.300. The second kappa shape index (κ2) is 6.69. The van der Waals surface area contributed by atoms with Gasteiger partial charge in [0.1, 0.15) is 6.54 Å². The molecule has 0 radical (unpaired) electrons. The normalized spacial score (nSPS) is 19.0. The summed E-state index contributed by atoms with van der Waals surface area (Å²) in [6.45, 7) is 0.291. The maximum Gasteiger partial charge on any atom is 0.244 e. The van der Waals surface area contributed by atoms with Gasteiger partial charge in [0.25, 0.3) is 0 Å². The van der Waals surface area contributed by atoms with Gasteiger partial charge in [0, 0.05) is 6.04 Å². The largest absolute Gasteiger partial charge is 0.323 e. The van der Waals surface area contributed by atoms with Gasteiger partial charge in [-0.2, -0.15) is 0 Å². The third kappa shape index (κ3) is 3.15. The summed E-state index contributed by atoms with van der Waals surface area (Å²) in [6, 6.07) is 16.0. The van der Waals surface area contributed by atoms with Gasteiger partial charge in [0.2, 0.25) is 11.8 Å². The second-order valence-corrected chi connectivity index (χ2v) is 6.57. The average Bonchev–Trinajstić information content (AvgIpc) is 2.65. The van der Waals surface area contributed by atoms with E-state index >= 15 is 0 Å². The zero-order chi connectivity index (χ0) is 17.2. The number of nitrogens with one attached hydrogen (secondary N) is 2. The van der Waals surface area contributed by atoms with Crippen molar-refractivity contribution < 1.29 is 9.59 Å². The van der Waals surface area contributed by atoms with E-state index in [4.69, 9.17) is 0 Å². The topological polar surface area (TPSA) is 61.4 Å². The van der Waals surface area contributed by atoms with E-state index in [0.29, 0.717) is 5.69 Å². The van der Waals surface area contributed by atoms with Crippen LogP contribution in [0.3, 0.4) is 0 Å². The van der Waals surface area contributed by atoms with Crippen LogP contribution in [-0.4, -0.2) is 24.9 Å². The van der Waals surface area contributed by atoms with Gasteiger partial charge in [-0.3, -0.25) is 14.5 Å². The molecule has 25 heavy (non-hydrogen) atoms. The highest BCUT2D eigenvalue weighted by atomic mass is 16.2. The molecule has 0 aromatic heterocycles. The number of hydrogen-bond donors (Lipinski definition) is 2. The standard InChI is InChI=1S/C20H21N3O2/c24-19-13-23(18-11-4-3-9-17(18)22-19)20(25)12-21-16-10-5-7-14-6-1-2-8-15(14)16/h1-4,6,8-9,11,16,21H,5,7,10,12-13H2,(H,22,24)/t16-/m0/s1. The molecule has 0 fully saturated rings. The Hall–Kier alpha value is -2.66. The Labute approximate surface area is 147 Å². The molecule has 1 heterocycles. The average molecular weight is 335 g/mol.